The normalized spacial score (nSPS) is 9.50. The number of carboxylic acids is 1. The van der Waals surface area contributed by atoms with Crippen molar-refractivity contribution in [3.8, 4) is 6.07 Å². The smallest absolute Gasteiger partial charge is 0.303 e. The SMILES string of the molecule is CN(CCCC(=O)O)c1cccnc1C#N. The Kier molecular flexibility index (Phi) is 4.28. The van der Waals surface area contributed by atoms with Gasteiger partial charge in [0, 0.05) is 26.2 Å². The Bertz CT molecular complexity index is 412. The summed E-state index contributed by atoms with van der Waals surface area (Å²) < 4.78 is 0. The van der Waals surface area contributed by atoms with Gasteiger partial charge >= 0.3 is 5.97 Å². The highest BCUT2D eigenvalue weighted by molar-refractivity contribution is 5.66. The maximum atomic E-state index is 10.4. The van der Waals surface area contributed by atoms with E-state index >= 15 is 0 Å². The van der Waals surface area contributed by atoms with Gasteiger partial charge in [-0.05, 0) is 18.6 Å². The van der Waals surface area contributed by atoms with Crippen LogP contribution in [0.1, 0.15) is 18.5 Å². The van der Waals surface area contributed by atoms with Crippen molar-refractivity contribution in [2.75, 3.05) is 18.5 Å². The predicted molar refractivity (Wildman–Crippen MR) is 59.1 cm³/mol. The summed E-state index contributed by atoms with van der Waals surface area (Å²) in [6.07, 6.45) is 2.24. The van der Waals surface area contributed by atoms with Crippen molar-refractivity contribution in [2.45, 2.75) is 12.8 Å². The zero-order valence-corrected chi connectivity index (χ0v) is 9.05. The molecule has 5 nitrogen and oxygen atoms in total. The van der Waals surface area contributed by atoms with E-state index in [9.17, 15) is 4.79 Å². The minimum Gasteiger partial charge on any atom is -0.481 e. The van der Waals surface area contributed by atoms with E-state index in [2.05, 4.69) is 4.98 Å². The first-order valence-electron chi connectivity index (χ1n) is 4.93. The summed E-state index contributed by atoms with van der Waals surface area (Å²) in [4.78, 5) is 16.1. The lowest BCUT2D eigenvalue weighted by Crippen LogP contribution is -2.20. The molecule has 0 aliphatic heterocycles. The van der Waals surface area contributed by atoms with Gasteiger partial charge in [0.1, 0.15) is 6.07 Å². The van der Waals surface area contributed by atoms with Crippen LogP contribution >= 0.6 is 0 Å². The highest BCUT2D eigenvalue weighted by atomic mass is 16.4. The molecule has 1 heterocycles. The molecule has 1 aromatic heterocycles. The van der Waals surface area contributed by atoms with Crippen molar-refractivity contribution < 1.29 is 9.90 Å². The molecule has 0 spiro atoms. The number of nitrogens with zero attached hydrogens (tertiary/aromatic N) is 3. The molecular weight excluding hydrogens is 206 g/mol. The molecule has 84 valence electrons. The molecule has 0 bridgehead atoms. The Morgan fingerprint density at radius 3 is 3.06 bits per heavy atom. The summed E-state index contributed by atoms with van der Waals surface area (Å²) in [6, 6.07) is 5.56. The number of nitriles is 1. The van der Waals surface area contributed by atoms with E-state index in [4.69, 9.17) is 10.4 Å². The number of hydrogen-bond acceptors (Lipinski definition) is 4. The number of aliphatic carboxylic acids is 1. The van der Waals surface area contributed by atoms with Crippen molar-refractivity contribution in [1.82, 2.24) is 4.98 Å². The summed E-state index contributed by atoms with van der Waals surface area (Å²) in [5.74, 6) is -0.805. The van der Waals surface area contributed by atoms with Crippen LogP contribution in [0, 0.1) is 11.3 Å². The van der Waals surface area contributed by atoms with E-state index in [1.807, 2.05) is 18.0 Å². The van der Waals surface area contributed by atoms with Crippen molar-refractivity contribution in [3.05, 3.63) is 24.0 Å². The Hall–Kier alpha value is -2.09. The van der Waals surface area contributed by atoms with Gasteiger partial charge in [-0.2, -0.15) is 5.26 Å². The molecule has 1 rings (SSSR count). The van der Waals surface area contributed by atoms with E-state index in [0.717, 1.165) is 5.69 Å². The number of carbonyl (C=O) groups is 1. The lowest BCUT2D eigenvalue weighted by Gasteiger charge is -2.19. The topological polar surface area (TPSA) is 77.2 Å². The minimum absolute atomic E-state index is 0.131. The van der Waals surface area contributed by atoms with Crippen LogP contribution in [0.25, 0.3) is 0 Å². The summed E-state index contributed by atoms with van der Waals surface area (Å²) in [7, 11) is 1.82. The van der Waals surface area contributed by atoms with E-state index in [1.54, 1.807) is 18.3 Å². The number of aromatic nitrogens is 1. The molecule has 5 heteroatoms. The number of rotatable bonds is 5. The molecule has 1 aromatic rings. The second kappa shape index (κ2) is 5.71. The summed E-state index contributed by atoms with van der Waals surface area (Å²) in [5, 5.41) is 17.4. The number of pyridine rings is 1. The predicted octanol–water partition coefficient (Wildman–Crippen LogP) is 1.25. The number of anilines is 1. The maximum Gasteiger partial charge on any atom is 0.303 e. The first-order chi connectivity index (χ1) is 7.65. The first kappa shape index (κ1) is 12.0. The van der Waals surface area contributed by atoms with Crippen LogP contribution in [0.4, 0.5) is 5.69 Å². The second-order valence-electron chi connectivity index (χ2n) is 3.40. The second-order valence-corrected chi connectivity index (χ2v) is 3.40. The van der Waals surface area contributed by atoms with Crippen molar-refractivity contribution >= 4 is 11.7 Å². The van der Waals surface area contributed by atoms with Gasteiger partial charge in [0.15, 0.2) is 5.69 Å². The minimum atomic E-state index is -0.805. The average molecular weight is 219 g/mol. The Morgan fingerprint density at radius 2 is 2.44 bits per heavy atom. The molecule has 0 radical (unpaired) electrons. The molecular formula is C11H13N3O2. The number of hydrogen-bond donors (Lipinski definition) is 1. The van der Waals surface area contributed by atoms with Crippen LogP contribution in [0.3, 0.4) is 0 Å². The molecule has 0 aromatic carbocycles. The molecule has 0 atom stereocenters. The van der Waals surface area contributed by atoms with E-state index in [1.165, 1.54) is 0 Å². The number of carboxylic acid groups (broad SMARTS) is 1. The van der Waals surface area contributed by atoms with Crippen LogP contribution < -0.4 is 4.90 Å². The molecule has 0 fully saturated rings. The summed E-state index contributed by atoms with van der Waals surface area (Å²) in [6.45, 7) is 0.590. The molecule has 0 amide bonds. The molecule has 0 aliphatic rings. The Balaban J connectivity index is 2.62. The Morgan fingerprint density at radius 1 is 1.69 bits per heavy atom. The highest BCUT2D eigenvalue weighted by Crippen LogP contribution is 2.15. The fourth-order valence-electron chi connectivity index (χ4n) is 1.38. The third kappa shape index (κ3) is 3.24. The van der Waals surface area contributed by atoms with Crippen LogP contribution in [0.5, 0.6) is 0 Å². The molecule has 0 unspecified atom stereocenters. The van der Waals surface area contributed by atoms with Crippen LogP contribution in [0.15, 0.2) is 18.3 Å². The molecule has 1 N–H and O–H groups in total. The zero-order valence-electron chi connectivity index (χ0n) is 9.05. The van der Waals surface area contributed by atoms with Gasteiger partial charge in [-0.25, -0.2) is 4.98 Å². The Labute approximate surface area is 93.9 Å². The van der Waals surface area contributed by atoms with Gasteiger partial charge < -0.3 is 10.0 Å². The van der Waals surface area contributed by atoms with Gasteiger partial charge in [-0.1, -0.05) is 0 Å². The van der Waals surface area contributed by atoms with Gasteiger partial charge in [0.2, 0.25) is 0 Å². The largest absolute Gasteiger partial charge is 0.481 e. The van der Waals surface area contributed by atoms with Gasteiger partial charge in [0.05, 0.1) is 5.69 Å². The van der Waals surface area contributed by atoms with Crippen LogP contribution in [-0.2, 0) is 4.79 Å². The monoisotopic (exact) mass is 219 g/mol. The van der Waals surface area contributed by atoms with E-state index in [-0.39, 0.29) is 6.42 Å². The lowest BCUT2D eigenvalue weighted by atomic mass is 10.2. The van der Waals surface area contributed by atoms with Gasteiger partial charge in [-0.15, -0.1) is 0 Å². The van der Waals surface area contributed by atoms with Crippen LogP contribution in [0.2, 0.25) is 0 Å². The summed E-state index contributed by atoms with van der Waals surface area (Å²) in [5.41, 5.74) is 1.09. The highest BCUT2D eigenvalue weighted by Gasteiger charge is 2.07. The lowest BCUT2D eigenvalue weighted by molar-refractivity contribution is -0.137. The zero-order chi connectivity index (χ0) is 12.0. The maximum absolute atomic E-state index is 10.4. The van der Waals surface area contributed by atoms with Crippen LogP contribution in [-0.4, -0.2) is 29.7 Å². The quantitative estimate of drug-likeness (QED) is 0.806. The fraction of sp³-hybridized carbons (Fsp3) is 0.364. The standard InChI is InChI=1S/C11H13N3O2/c1-14(7-3-5-11(15)16)10-4-2-6-13-9(10)8-12/h2,4,6H,3,5,7H2,1H3,(H,15,16). The molecule has 16 heavy (non-hydrogen) atoms. The van der Waals surface area contributed by atoms with Crippen molar-refractivity contribution in [1.29, 1.82) is 5.26 Å². The van der Waals surface area contributed by atoms with E-state index < -0.39 is 5.97 Å². The van der Waals surface area contributed by atoms with Gasteiger partial charge in [-0.3, -0.25) is 4.79 Å². The van der Waals surface area contributed by atoms with Gasteiger partial charge in [0.25, 0.3) is 0 Å². The molecule has 0 saturated carbocycles. The van der Waals surface area contributed by atoms with Crippen molar-refractivity contribution in [2.24, 2.45) is 0 Å². The fourth-order valence-corrected chi connectivity index (χ4v) is 1.38. The van der Waals surface area contributed by atoms with Crippen molar-refractivity contribution in [3.63, 3.8) is 0 Å². The third-order valence-electron chi connectivity index (χ3n) is 2.19. The molecule has 0 aliphatic carbocycles. The van der Waals surface area contributed by atoms with E-state index in [0.29, 0.717) is 18.7 Å². The average Bonchev–Trinajstić information content (AvgIpc) is 2.28. The first-order valence-corrected chi connectivity index (χ1v) is 4.93. The molecule has 0 saturated heterocycles. The summed E-state index contributed by atoms with van der Waals surface area (Å²) >= 11 is 0. The third-order valence-corrected chi connectivity index (χ3v) is 2.19.